The van der Waals surface area contributed by atoms with Gasteiger partial charge in [-0.2, -0.15) is 0 Å². The van der Waals surface area contributed by atoms with Crippen molar-refractivity contribution in [2.75, 3.05) is 0 Å². The first kappa shape index (κ1) is 14.5. The fraction of sp³-hybridized carbons (Fsp3) is 0.333. The van der Waals surface area contributed by atoms with Gasteiger partial charge < -0.3 is 4.74 Å². The van der Waals surface area contributed by atoms with E-state index in [0.29, 0.717) is 16.5 Å². The highest BCUT2D eigenvalue weighted by molar-refractivity contribution is 6.42. The van der Waals surface area contributed by atoms with Crippen LogP contribution in [0, 0.1) is 0 Å². The van der Waals surface area contributed by atoms with Crippen LogP contribution in [0.3, 0.4) is 0 Å². The van der Waals surface area contributed by atoms with Crippen molar-refractivity contribution in [1.29, 1.82) is 0 Å². The van der Waals surface area contributed by atoms with E-state index in [-0.39, 0.29) is 11.3 Å². The molecule has 1 aromatic heterocycles. The molecule has 0 radical (unpaired) electrons. The number of rotatable bonds is 2. The van der Waals surface area contributed by atoms with Crippen molar-refractivity contribution in [2.24, 2.45) is 0 Å². The van der Waals surface area contributed by atoms with Gasteiger partial charge in [0.2, 0.25) is 0 Å². The Labute approximate surface area is 103 Å². The van der Waals surface area contributed by atoms with E-state index in [1.807, 2.05) is 0 Å². The van der Waals surface area contributed by atoms with E-state index in [4.69, 9.17) is 34.8 Å². The minimum atomic E-state index is 0.0301. The highest BCUT2D eigenvalue weighted by Crippen LogP contribution is 2.21. The summed E-state index contributed by atoms with van der Waals surface area (Å²) in [6, 6.07) is 1.54. The summed E-state index contributed by atoms with van der Waals surface area (Å²) >= 11 is 16.5. The predicted molar refractivity (Wildman–Crippen MR) is 61.6 cm³/mol. The van der Waals surface area contributed by atoms with Crippen molar-refractivity contribution in [3.8, 4) is 0 Å². The summed E-state index contributed by atoms with van der Waals surface area (Å²) in [7, 11) is 0. The van der Waals surface area contributed by atoms with Crippen molar-refractivity contribution in [3.05, 3.63) is 27.5 Å². The van der Waals surface area contributed by atoms with Crippen molar-refractivity contribution >= 4 is 41.3 Å². The van der Waals surface area contributed by atoms with Crippen molar-refractivity contribution < 1.29 is 9.53 Å². The molecule has 0 aliphatic rings. The average molecular weight is 271 g/mol. The summed E-state index contributed by atoms with van der Waals surface area (Å²) in [6.07, 6.45) is 1.47. The highest BCUT2D eigenvalue weighted by Gasteiger charge is 1.96. The standard InChI is InChI=1S/C5H2Cl3N.C4H8O2/c6-3-1-4(7)5(8)9-2-3;1-4(2)6-3-5/h1-2H;3-4H,1-2H3. The van der Waals surface area contributed by atoms with E-state index in [0.717, 1.165) is 0 Å². The number of halogens is 3. The molecule has 3 nitrogen and oxygen atoms in total. The zero-order valence-corrected chi connectivity index (χ0v) is 10.5. The lowest BCUT2D eigenvalue weighted by Gasteiger charge is -1.96. The van der Waals surface area contributed by atoms with Gasteiger partial charge in [-0.1, -0.05) is 34.8 Å². The normalized spacial score (nSPS) is 9.20. The van der Waals surface area contributed by atoms with Gasteiger partial charge >= 0.3 is 0 Å². The number of aromatic nitrogens is 1. The van der Waals surface area contributed by atoms with Gasteiger partial charge in [-0.3, -0.25) is 4.79 Å². The maximum Gasteiger partial charge on any atom is 0.293 e. The molecule has 0 bridgehead atoms. The molecule has 0 aliphatic heterocycles. The largest absolute Gasteiger partial charge is 0.465 e. The molecule has 0 amide bonds. The van der Waals surface area contributed by atoms with Crippen LogP contribution in [0.1, 0.15) is 13.8 Å². The Morgan fingerprint density at radius 1 is 1.40 bits per heavy atom. The van der Waals surface area contributed by atoms with Crippen molar-refractivity contribution in [1.82, 2.24) is 4.98 Å². The summed E-state index contributed by atoms with van der Waals surface area (Å²) in [5.41, 5.74) is 0. The SMILES string of the molecule is CC(C)OC=O.Clc1cnc(Cl)c(Cl)c1. The Morgan fingerprint density at radius 2 is 2.00 bits per heavy atom. The maximum absolute atomic E-state index is 9.39. The van der Waals surface area contributed by atoms with E-state index in [1.165, 1.54) is 6.20 Å². The summed E-state index contributed by atoms with van der Waals surface area (Å²) < 4.78 is 4.36. The van der Waals surface area contributed by atoms with E-state index >= 15 is 0 Å². The molecule has 84 valence electrons. The molecule has 0 atom stereocenters. The van der Waals surface area contributed by atoms with Crippen LogP contribution in [-0.2, 0) is 9.53 Å². The number of ether oxygens (including phenoxy) is 1. The maximum atomic E-state index is 9.39. The number of nitrogens with zero attached hydrogens (tertiary/aromatic N) is 1. The molecule has 0 aromatic carbocycles. The second kappa shape index (κ2) is 7.74. The van der Waals surface area contributed by atoms with Gasteiger partial charge in [0.25, 0.3) is 6.47 Å². The second-order valence-electron chi connectivity index (χ2n) is 2.71. The van der Waals surface area contributed by atoms with Gasteiger partial charge in [0.1, 0.15) is 5.15 Å². The Morgan fingerprint density at radius 3 is 2.27 bits per heavy atom. The summed E-state index contributed by atoms with van der Waals surface area (Å²) in [6.45, 7) is 4.05. The number of hydrogen-bond acceptors (Lipinski definition) is 3. The summed E-state index contributed by atoms with van der Waals surface area (Å²) in [5, 5.41) is 1.15. The first-order valence-electron chi connectivity index (χ1n) is 4.03. The lowest BCUT2D eigenvalue weighted by Crippen LogP contribution is -1.98. The Hall–Kier alpha value is -0.510. The third kappa shape index (κ3) is 7.42. The molecule has 0 unspecified atom stereocenters. The molecule has 0 spiro atoms. The van der Waals surface area contributed by atoms with Gasteiger partial charge in [-0.15, -0.1) is 0 Å². The monoisotopic (exact) mass is 269 g/mol. The number of pyridine rings is 1. The summed E-state index contributed by atoms with van der Waals surface area (Å²) in [5.74, 6) is 0. The van der Waals surface area contributed by atoms with Gasteiger partial charge in [-0.25, -0.2) is 4.98 Å². The highest BCUT2D eigenvalue weighted by atomic mass is 35.5. The minimum Gasteiger partial charge on any atom is -0.465 e. The lowest BCUT2D eigenvalue weighted by atomic mass is 10.5. The molecular formula is C9H10Cl3NO2. The van der Waals surface area contributed by atoms with E-state index in [9.17, 15) is 4.79 Å². The van der Waals surface area contributed by atoms with Gasteiger partial charge in [0.15, 0.2) is 0 Å². The fourth-order valence-electron chi connectivity index (χ4n) is 0.509. The predicted octanol–water partition coefficient (Wildman–Crippen LogP) is 3.61. The quantitative estimate of drug-likeness (QED) is 0.609. The zero-order valence-electron chi connectivity index (χ0n) is 8.21. The van der Waals surface area contributed by atoms with E-state index in [2.05, 4.69) is 9.72 Å². The van der Waals surface area contributed by atoms with Crippen molar-refractivity contribution in [2.45, 2.75) is 20.0 Å². The summed E-state index contributed by atoms with van der Waals surface area (Å²) in [4.78, 5) is 13.1. The topological polar surface area (TPSA) is 39.2 Å². The first-order valence-corrected chi connectivity index (χ1v) is 5.16. The fourth-order valence-corrected chi connectivity index (χ4v) is 0.992. The first-order chi connectivity index (χ1) is 6.97. The Balaban J connectivity index is 0.000000288. The molecule has 1 rings (SSSR count). The molecule has 6 heteroatoms. The van der Waals surface area contributed by atoms with Crippen LogP contribution in [0.15, 0.2) is 12.3 Å². The molecular weight excluding hydrogens is 260 g/mol. The second-order valence-corrected chi connectivity index (χ2v) is 3.91. The van der Waals surface area contributed by atoms with E-state index < -0.39 is 0 Å². The molecule has 0 aliphatic carbocycles. The Kier molecular flexibility index (Phi) is 7.48. The van der Waals surface area contributed by atoms with Gasteiger partial charge in [0, 0.05) is 6.20 Å². The van der Waals surface area contributed by atoms with Gasteiger partial charge in [-0.05, 0) is 19.9 Å². The number of carbonyl (C=O) groups is 1. The third-order valence-corrected chi connectivity index (χ3v) is 1.98. The van der Waals surface area contributed by atoms with Crippen LogP contribution >= 0.6 is 34.8 Å². The van der Waals surface area contributed by atoms with E-state index in [1.54, 1.807) is 19.9 Å². The molecule has 0 fully saturated rings. The molecule has 15 heavy (non-hydrogen) atoms. The van der Waals surface area contributed by atoms with Crippen LogP contribution in [0.25, 0.3) is 0 Å². The third-order valence-electron chi connectivity index (χ3n) is 1.09. The average Bonchev–Trinajstić information content (AvgIpc) is 2.13. The van der Waals surface area contributed by atoms with Crippen LogP contribution in [-0.4, -0.2) is 17.6 Å². The van der Waals surface area contributed by atoms with Crippen molar-refractivity contribution in [3.63, 3.8) is 0 Å². The Bertz CT molecular complexity index is 318. The number of hydrogen-bond donors (Lipinski definition) is 0. The molecule has 1 aromatic rings. The molecule has 0 saturated carbocycles. The minimum absolute atomic E-state index is 0.0301. The van der Waals surface area contributed by atoms with Gasteiger partial charge in [0.05, 0.1) is 16.1 Å². The lowest BCUT2D eigenvalue weighted by molar-refractivity contribution is -0.131. The van der Waals surface area contributed by atoms with Crippen LogP contribution in [0.5, 0.6) is 0 Å². The van der Waals surface area contributed by atoms with Crippen LogP contribution < -0.4 is 0 Å². The smallest absolute Gasteiger partial charge is 0.293 e. The molecule has 0 N–H and O–H groups in total. The van der Waals surface area contributed by atoms with Crippen LogP contribution in [0.2, 0.25) is 15.2 Å². The number of carbonyl (C=O) groups excluding carboxylic acids is 1. The molecule has 0 saturated heterocycles. The van der Waals surface area contributed by atoms with Crippen LogP contribution in [0.4, 0.5) is 0 Å². The zero-order chi connectivity index (χ0) is 11.8. The molecule has 1 heterocycles.